The van der Waals surface area contributed by atoms with Crippen LogP contribution in [-0.2, 0) is 11.3 Å². The lowest BCUT2D eigenvalue weighted by Crippen LogP contribution is -2.22. The number of aromatic nitrogens is 3. The fraction of sp³-hybridized carbons (Fsp3) is 0.111. The molecule has 1 N–H and O–H groups in total. The SMILES string of the molecule is C=CCn1c(SCC(=O)Nc2ccc(C(=O)[O-])cc2)nnc1-c1ccco1. The Bertz CT molecular complexity index is 948. The number of nitrogens with one attached hydrogen (secondary N) is 1. The van der Waals surface area contributed by atoms with Gasteiger partial charge in [-0.3, -0.25) is 9.36 Å². The van der Waals surface area contributed by atoms with Crippen LogP contribution in [0.15, 0.2) is 64.9 Å². The Kier molecular flexibility index (Phi) is 5.72. The lowest BCUT2D eigenvalue weighted by molar-refractivity contribution is -0.255. The van der Waals surface area contributed by atoms with Gasteiger partial charge in [0.25, 0.3) is 0 Å². The number of rotatable bonds is 8. The monoisotopic (exact) mass is 383 g/mol. The molecule has 0 bridgehead atoms. The third-order valence-electron chi connectivity index (χ3n) is 3.51. The molecule has 0 saturated carbocycles. The second-order valence-corrected chi connectivity index (χ2v) is 6.33. The number of carbonyl (C=O) groups excluding carboxylic acids is 2. The minimum atomic E-state index is -1.27. The Balaban J connectivity index is 1.64. The fourth-order valence-corrected chi connectivity index (χ4v) is 3.04. The number of aromatic carboxylic acids is 1. The van der Waals surface area contributed by atoms with E-state index in [1.54, 1.807) is 29.0 Å². The first-order chi connectivity index (χ1) is 13.1. The number of amides is 1. The van der Waals surface area contributed by atoms with Crippen LogP contribution in [0.2, 0.25) is 0 Å². The number of hydrogen-bond acceptors (Lipinski definition) is 7. The van der Waals surface area contributed by atoms with Crippen molar-refractivity contribution in [3.05, 3.63) is 60.9 Å². The highest BCUT2D eigenvalue weighted by molar-refractivity contribution is 7.99. The molecule has 0 saturated heterocycles. The number of hydrogen-bond donors (Lipinski definition) is 1. The van der Waals surface area contributed by atoms with E-state index in [0.29, 0.717) is 29.0 Å². The van der Waals surface area contributed by atoms with Gasteiger partial charge >= 0.3 is 0 Å². The Morgan fingerprint density at radius 3 is 2.67 bits per heavy atom. The van der Waals surface area contributed by atoms with Crippen molar-refractivity contribution in [3.8, 4) is 11.6 Å². The van der Waals surface area contributed by atoms with E-state index < -0.39 is 5.97 Å². The number of carbonyl (C=O) groups is 2. The Hall–Kier alpha value is -3.33. The molecule has 0 fully saturated rings. The number of carboxylic acids is 1. The molecule has 0 atom stereocenters. The van der Waals surface area contributed by atoms with Gasteiger partial charge in [-0.05, 0) is 29.8 Å². The molecule has 0 aliphatic heterocycles. The highest BCUT2D eigenvalue weighted by atomic mass is 32.2. The van der Waals surface area contributed by atoms with Crippen molar-refractivity contribution in [2.24, 2.45) is 0 Å². The smallest absolute Gasteiger partial charge is 0.234 e. The molecule has 8 nitrogen and oxygen atoms in total. The van der Waals surface area contributed by atoms with Gasteiger partial charge in [0.15, 0.2) is 10.9 Å². The molecule has 2 heterocycles. The number of anilines is 1. The van der Waals surface area contributed by atoms with Gasteiger partial charge in [0.2, 0.25) is 11.7 Å². The first-order valence-electron chi connectivity index (χ1n) is 7.90. The predicted octanol–water partition coefficient (Wildman–Crippen LogP) is 1.82. The van der Waals surface area contributed by atoms with Crippen molar-refractivity contribution >= 4 is 29.3 Å². The van der Waals surface area contributed by atoms with Gasteiger partial charge in [0.05, 0.1) is 18.0 Å². The van der Waals surface area contributed by atoms with Gasteiger partial charge in [0, 0.05) is 12.2 Å². The summed E-state index contributed by atoms with van der Waals surface area (Å²) < 4.78 is 7.16. The Labute approximate surface area is 158 Å². The van der Waals surface area contributed by atoms with Gasteiger partial charge in [-0.2, -0.15) is 0 Å². The van der Waals surface area contributed by atoms with E-state index in [1.165, 1.54) is 36.0 Å². The Morgan fingerprint density at radius 1 is 1.26 bits per heavy atom. The van der Waals surface area contributed by atoms with E-state index >= 15 is 0 Å². The van der Waals surface area contributed by atoms with E-state index in [1.807, 2.05) is 0 Å². The summed E-state index contributed by atoms with van der Waals surface area (Å²) in [6, 6.07) is 9.28. The summed E-state index contributed by atoms with van der Waals surface area (Å²) in [5, 5.41) is 22.2. The average molecular weight is 383 g/mol. The third-order valence-corrected chi connectivity index (χ3v) is 4.47. The molecule has 138 valence electrons. The lowest BCUT2D eigenvalue weighted by atomic mass is 10.2. The molecule has 2 aromatic heterocycles. The number of benzene rings is 1. The maximum atomic E-state index is 12.2. The van der Waals surface area contributed by atoms with Crippen molar-refractivity contribution in [3.63, 3.8) is 0 Å². The quantitative estimate of drug-likeness (QED) is 0.466. The standard InChI is InChI=1S/C18H16N4O4S/c1-2-9-22-16(14-4-3-10-26-14)20-21-18(22)27-11-15(23)19-13-7-5-12(6-8-13)17(24)25/h2-8,10H,1,9,11H2,(H,19,23)(H,24,25)/p-1. The van der Waals surface area contributed by atoms with Gasteiger partial charge in [0.1, 0.15) is 0 Å². The van der Waals surface area contributed by atoms with Crippen LogP contribution in [0.3, 0.4) is 0 Å². The summed E-state index contributed by atoms with van der Waals surface area (Å²) >= 11 is 1.22. The number of thioether (sulfide) groups is 1. The maximum Gasteiger partial charge on any atom is 0.234 e. The van der Waals surface area contributed by atoms with E-state index in [-0.39, 0.29) is 17.2 Å². The summed E-state index contributed by atoms with van der Waals surface area (Å²) in [4.78, 5) is 22.9. The van der Waals surface area contributed by atoms with E-state index in [4.69, 9.17) is 4.42 Å². The number of allylic oxidation sites excluding steroid dienone is 1. The average Bonchev–Trinajstić information content (AvgIpc) is 3.30. The van der Waals surface area contributed by atoms with Crippen LogP contribution in [0, 0.1) is 0 Å². The van der Waals surface area contributed by atoms with Gasteiger partial charge in [-0.15, -0.1) is 16.8 Å². The lowest BCUT2D eigenvalue weighted by Gasteiger charge is -2.08. The first-order valence-corrected chi connectivity index (χ1v) is 8.89. The second kappa shape index (κ2) is 8.37. The zero-order valence-electron chi connectivity index (χ0n) is 14.1. The van der Waals surface area contributed by atoms with Gasteiger partial charge < -0.3 is 19.6 Å². The fourth-order valence-electron chi connectivity index (χ4n) is 2.29. The third kappa shape index (κ3) is 4.45. The summed E-state index contributed by atoms with van der Waals surface area (Å²) in [5.41, 5.74) is 0.541. The maximum absolute atomic E-state index is 12.2. The molecular formula is C18H15N4O4S-. The van der Waals surface area contributed by atoms with Gasteiger partial charge in [-0.1, -0.05) is 30.0 Å². The normalized spacial score (nSPS) is 10.5. The second-order valence-electron chi connectivity index (χ2n) is 5.38. The van der Waals surface area contributed by atoms with Crippen LogP contribution in [0.25, 0.3) is 11.6 Å². The number of furan rings is 1. The van der Waals surface area contributed by atoms with Crippen molar-refractivity contribution in [1.29, 1.82) is 0 Å². The summed E-state index contributed by atoms with van der Waals surface area (Å²) in [6.45, 7) is 4.20. The number of carboxylic acid groups (broad SMARTS) is 1. The molecule has 1 amide bonds. The van der Waals surface area contributed by atoms with Crippen molar-refractivity contribution in [2.75, 3.05) is 11.1 Å². The minimum absolute atomic E-state index is 0.0466. The van der Waals surface area contributed by atoms with E-state index in [9.17, 15) is 14.7 Å². The molecule has 3 rings (SSSR count). The van der Waals surface area contributed by atoms with Crippen LogP contribution >= 0.6 is 11.8 Å². The van der Waals surface area contributed by atoms with Crippen molar-refractivity contribution in [1.82, 2.24) is 14.8 Å². The summed E-state index contributed by atoms with van der Waals surface area (Å²) in [7, 11) is 0. The topological polar surface area (TPSA) is 113 Å². The van der Waals surface area contributed by atoms with Crippen LogP contribution in [0.1, 0.15) is 10.4 Å². The minimum Gasteiger partial charge on any atom is -0.545 e. The molecule has 3 aromatic rings. The highest BCUT2D eigenvalue weighted by Crippen LogP contribution is 2.24. The molecule has 1 aromatic carbocycles. The first kappa shape index (κ1) is 18.5. The largest absolute Gasteiger partial charge is 0.545 e. The van der Waals surface area contributed by atoms with Crippen molar-refractivity contribution < 1.29 is 19.1 Å². The molecule has 9 heteroatoms. The predicted molar refractivity (Wildman–Crippen MR) is 98.0 cm³/mol. The molecule has 0 unspecified atom stereocenters. The molecule has 0 spiro atoms. The molecule has 27 heavy (non-hydrogen) atoms. The van der Waals surface area contributed by atoms with Crippen LogP contribution in [0.4, 0.5) is 5.69 Å². The Morgan fingerprint density at radius 2 is 2.04 bits per heavy atom. The molecular weight excluding hydrogens is 368 g/mol. The molecule has 0 radical (unpaired) electrons. The number of nitrogens with zero attached hydrogens (tertiary/aromatic N) is 3. The van der Waals surface area contributed by atoms with Crippen LogP contribution < -0.4 is 10.4 Å². The highest BCUT2D eigenvalue weighted by Gasteiger charge is 2.16. The summed E-state index contributed by atoms with van der Waals surface area (Å²) in [6.07, 6.45) is 3.26. The zero-order chi connectivity index (χ0) is 19.2. The van der Waals surface area contributed by atoms with Crippen LogP contribution in [0.5, 0.6) is 0 Å². The molecule has 0 aliphatic carbocycles. The van der Waals surface area contributed by atoms with Gasteiger partial charge in [-0.25, -0.2) is 0 Å². The zero-order valence-corrected chi connectivity index (χ0v) is 14.9. The molecule has 0 aliphatic rings. The van der Waals surface area contributed by atoms with Crippen molar-refractivity contribution in [2.45, 2.75) is 11.7 Å². The van der Waals surface area contributed by atoms with Crippen LogP contribution in [-0.4, -0.2) is 32.4 Å². The summed E-state index contributed by atoms with van der Waals surface area (Å²) in [5.74, 6) is -0.282. The van der Waals surface area contributed by atoms with E-state index in [2.05, 4.69) is 22.1 Å². The van der Waals surface area contributed by atoms with E-state index in [0.717, 1.165) is 0 Å².